The monoisotopic (exact) mass is 618 g/mol. The van der Waals surface area contributed by atoms with Gasteiger partial charge < -0.3 is 0 Å². The Morgan fingerprint density at radius 2 is 0.794 bits per heavy atom. The zero-order chi connectivity index (χ0) is 31.6. The molecular formula is C24H34O8Se2. The second kappa shape index (κ2) is 18.4. The van der Waals surface area contributed by atoms with E-state index in [0.717, 1.165) is 0 Å². The molecule has 10 heteroatoms. The van der Waals surface area contributed by atoms with Gasteiger partial charge in [0, 0.05) is 0 Å². The molecule has 0 aliphatic carbocycles. The van der Waals surface area contributed by atoms with Crippen molar-refractivity contribution in [2.45, 2.75) is 26.2 Å². The molecule has 0 bridgehead atoms. The van der Waals surface area contributed by atoms with Crippen LogP contribution in [0.1, 0.15) is 33.2 Å². The molecule has 34 heavy (non-hydrogen) atoms. The van der Waals surface area contributed by atoms with E-state index in [4.69, 9.17) is 48.9 Å². The van der Waals surface area contributed by atoms with Crippen LogP contribution in [0, 0.1) is 0 Å². The first-order valence-electron chi connectivity index (χ1n) is 13.8. The molecule has 2 rings (SSSR count). The zero-order valence-electron chi connectivity index (χ0n) is 27.4. The van der Waals surface area contributed by atoms with Gasteiger partial charge >= 0.3 is 225 Å². The van der Waals surface area contributed by atoms with E-state index < -0.39 is 52.5 Å². The van der Waals surface area contributed by atoms with Gasteiger partial charge in [-0.2, -0.15) is 0 Å². The molecule has 0 fully saturated rings. The minimum absolute atomic E-state index is 0.0279. The van der Waals surface area contributed by atoms with Crippen molar-refractivity contribution in [3.8, 4) is 0 Å². The number of methoxy groups -OCH3 is 4. The molecule has 0 aliphatic rings. The summed E-state index contributed by atoms with van der Waals surface area (Å²) in [6, 6.07) is 8.82. The van der Waals surface area contributed by atoms with Gasteiger partial charge in [0.05, 0.1) is 0 Å². The molecular weight excluding hydrogens is 574 g/mol. The van der Waals surface area contributed by atoms with E-state index in [1.807, 2.05) is 0 Å². The Labute approximate surface area is 224 Å². The van der Waals surface area contributed by atoms with Crippen LogP contribution in [-0.2, 0) is 64.1 Å². The Morgan fingerprint density at radius 1 is 0.529 bits per heavy atom. The van der Waals surface area contributed by atoms with Gasteiger partial charge in [-0.1, -0.05) is 0 Å². The van der Waals surface area contributed by atoms with Gasteiger partial charge in [0.1, 0.15) is 0 Å². The van der Waals surface area contributed by atoms with Gasteiger partial charge in [-0.25, -0.2) is 0 Å². The maximum atomic E-state index is 8.57. The summed E-state index contributed by atoms with van der Waals surface area (Å²) in [6.45, 7) is -11.1. The molecule has 0 radical (unpaired) electrons. The van der Waals surface area contributed by atoms with Crippen LogP contribution in [0.3, 0.4) is 0 Å². The van der Waals surface area contributed by atoms with E-state index in [-0.39, 0.29) is 58.3 Å². The first-order chi connectivity index (χ1) is 19.7. The average molecular weight is 616 g/mol. The number of rotatable bonds is 19. The zero-order valence-corrected chi connectivity index (χ0v) is 22.8. The first kappa shape index (κ1) is 19.3. The molecule has 190 valence electrons. The van der Waals surface area contributed by atoms with Crippen molar-refractivity contribution in [2.75, 3.05) is 55.6 Å². The molecule has 0 amide bonds. The average Bonchev–Trinajstić information content (AvgIpc) is 2.95. The molecule has 0 saturated carbocycles. The molecule has 8 nitrogen and oxygen atoms in total. The molecule has 0 aromatic heterocycles. The molecule has 2 aromatic carbocycles. The van der Waals surface area contributed by atoms with Crippen LogP contribution in [0.2, 0.25) is 0 Å². The Bertz CT molecular complexity index is 980. The van der Waals surface area contributed by atoms with Crippen molar-refractivity contribution in [1.29, 1.82) is 0 Å². The van der Waals surface area contributed by atoms with E-state index in [1.165, 1.54) is 64.8 Å². The van der Waals surface area contributed by atoms with Crippen LogP contribution in [0.5, 0.6) is 0 Å². The normalized spacial score (nSPS) is 16.5. The van der Waals surface area contributed by atoms with Crippen molar-refractivity contribution in [2.24, 2.45) is 0 Å². The fourth-order valence-electron chi connectivity index (χ4n) is 2.32. The molecule has 0 heterocycles. The van der Waals surface area contributed by atoms with Crippen LogP contribution in [0.4, 0.5) is 0 Å². The van der Waals surface area contributed by atoms with Crippen molar-refractivity contribution in [3.05, 3.63) is 58.7 Å². The van der Waals surface area contributed by atoms with Crippen molar-refractivity contribution in [3.63, 3.8) is 0 Å². The van der Waals surface area contributed by atoms with Crippen LogP contribution < -0.4 is 8.92 Å². The predicted molar refractivity (Wildman–Crippen MR) is 130 cm³/mol. The second-order valence-electron chi connectivity index (χ2n) is 6.14. The minimum atomic E-state index is -2.40. The van der Waals surface area contributed by atoms with E-state index in [1.54, 1.807) is 0 Å². The molecule has 0 unspecified atom stereocenters. The number of hydrogen-bond donors (Lipinski definition) is 0. The summed E-state index contributed by atoms with van der Waals surface area (Å²) in [4.78, 5) is 0. The topological polar surface area (TPSA) is 73.8 Å². The van der Waals surface area contributed by atoms with E-state index in [9.17, 15) is 0 Å². The second-order valence-corrected chi connectivity index (χ2v) is 12.2. The van der Waals surface area contributed by atoms with E-state index >= 15 is 0 Å². The molecule has 0 saturated heterocycles. The molecule has 0 N–H and O–H groups in total. The fraction of sp³-hybridized carbons (Fsp3) is 0.500. The summed E-state index contributed by atoms with van der Waals surface area (Å²) in [5, 5.41) is 0. The van der Waals surface area contributed by atoms with E-state index in [0.29, 0.717) is 0 Å². The summed E-state index contributed by atoms with van der Waals surface area (Å²) in [5.41, 5.74) is 0.112. The molecule has 0 spiro atoms. The Hall–Kier alpha value is -0.841. The standard InChI is InChI=1S/C24H34O8Se2/c1-25-15-29-11-19-7-5-8-20(12-30-16-26-2)23(19)33-34-24-21(13-31-17-27-3)9-6-10-22(24)14-32-18-28-4/h5-10H,11-18H2,1-4H3/i11D2,12D2,13D2,14D2. The number of hydrogen-bond acceptors (Lipinski definition) is 8. The SMILES string of the molecule is [2H]C([2H])(OCOC)c1cccc(C([2H])([2H])OCOC)c1[Se][Se]c1c(C([2H])([2H])OCOC)cccc1C([2H])([2H])OCOC. The quantitative estimate of drug-likeness (QED) is 0.174. The Kier molecular flexibility index (Phi) is 10.5. The van der Waals surface area contributed by atoms with E-state index in [2.05, 4.69) is 0 Å². The van der Waals surface area contributed by atoms with Gasteiger partial charge in [-0.15, -0.1) is 0 Å². The van der Waals surface area contributed by atoms with Crippen LogP contribution in [0.15, 0.2) is 36.4 Å². The Morgan fingerprint density at radius 3 is 1.03 bits per heavy atom. The van der Waals surface area contributed by atoms with Crippen LogP contribution in [-0.4, -0.2) is 81.9 Å². The summed E-state index contributed by atoms with van der Waals surface area (Å²) < 4.78 is 110. The summed E-state index contributed by atoms with van der Waals surface area (Å²) in [6.07, 6.45) is 0. The van der Waals surface area contributed by atoms with Crippen LogP contribution in [0.25, 0.3) is 0 Å². The number of benzene rings is 2. The van der Waals surface area contributed by atoms with Gasteiger partial charge in [-0.05, 0) is 0 Å². The Balaban J connectivity index is 2.75. The summed E-state index contributed by atoms with van der Waals surface area (Å²) in [7, 11) is 5.37. The third-order valence-electron chi connectivity index (χ3n) is 3.67. The number of ether oxygens (including phenoxy) is 8. The molecule has 2 aromatic rings. The van der Waals surface area contributed by atoms with Gasteiger partial charge in [0.25, 0.3) is 0 Å². The van der Waals surface area contributed by atoms with Crippen molar-refractivity contribution >= 4 is 35.2 Å². The van der Waals surface area contributed by atoms with Crippen molar-refractivity contribution < 1.29 is 48.9 Å². The predicted octanol–water partition coefficient (Wildman–Crippen LogP) is 1.44. The first-order valence-corrected chi connectivity index (χ1v) is 15.9. The van der Waals surface area contributed by atoms with Crippen LogP contribution >= 0.6 is 0 Å². The summed E-state index contributed by atoms with van der Waals surface area (Å²) >= 11 is -1.60. The fourth-order valence-corrected chi connectivity index (χ4v) is 10.1. The van der Waals surface area contributed by atoms with Gasteiger partial charge in [0.15, 0.2) is 0 Å². The maximum absolute atomic E-state index is 8.57. The van der Waals surface area contributed by atoms with Crippen molar-refractivity contribution in [1.82, 2.24) is 0 Å². The molecule has 0 atom stereocenters. The third-order valence-corrected chi connectivity index (χ3v) is 10.9. The van der Waals surface area contributed by atoms with Gasteiger partial charge in [0.2, 0.25) is 0 Å². The molecule has 0 aliphatic heterocycles. The summed E-state index contributed by atoms with van der Waals surface area (Å²) in [5.74, 6) is 0. The third kappa shape index (κ3) is 10.4. The van der Waals surface area contributed by atoms with Gasteiger partial charge in [-0.3, -0.25) is 0 Å².